The summed E-state index contributed by atoms with van der Waals surface area (Å²) in [6.45, 7) is 0.735. The predicted octanol–water partition coefficient (Wildman–Crippen LogP) is 5.81. The quantitative estimate of drug-likeness (QED) is 0.216. The average molecular weight is 613 g/mol. The molecule has 5 aromatic heterocycles. The van der Waals surface area contributed by atoms with Gasteiger partial charge in [0.15, 0.2) is 6.39 Å². The van der Waals surface area contributed by atoms with Crippen LogP contribution in [0.1, 0.15) is 31.4 Å². The minimum Gasteiger partial charge on any atom is -0.451 e. The van der Waals surface area contributed by atoms with Gasteiger partial charge < -0.3 is 14.3 Å². The fraction of sp³-hybridized carbons (Fsp3) is 0.100. The number of anilines is 1. The standard InChI is InChI=1S/C30H21ClN6O3S2/c31-27-11-9-23(41-27)17-32-28-16-24(35-37(28)30(39)26-12-14-34-42-26)25-10-8-21(7-6-20-4-2-1-3-5-20)29(38)36(25)15-13-22-18-40-19-33-22/h1-5,8-12,14,16,18-19,32H,13,15,17H2. The van der Waals surface area contributed by atoms with E-state index in [2.05, 4.69) is 31.6 Å². The summed E-state index contributed by atoms with van der Waals surface area (Å²) in [6.07, 6.45) is 4.92. The molecule has 0 spiro atoms. The number of oxazole rings is 1. The van der Waals surface area contributed by atoms with Crippen LogP contribution in [0, 0.1) is 11.8 Å². The molecule has 0 unspecified atom stereocenters. The summed E-state index contributed by atoms with van der Waals surface area (Å²) in [5.74, 6) is 6.20. The van der Waals surface area contributed by atoms with Gasteiger partial charge in [-0.2, -0.15) is 9.78 Å². The van der Waals surface area contributed by atoms with Crippen LogP contribution in [0.25, 0.3) is 11.4 Å². The molecule has 0 saturated carbocycles. The maximum Gasteiger partial charge on any atom is 0.291 e. The molecule has 0 aliphatic heterocycles. The Balaban J connectivity index is 1.41. The van der Waals surface area contributed by atoms with Crippen LogP contribution < -0.4 is 10.9 Å². The first-order valence-electron chi connectivity index (χ1n) is 12.8. The third kappa shape index (κ3) is 6.11. The van der Waals surface area contributed by atoms with E-state index in [1.807, 2.05) is 42.5 Å². The van der Waals surface area contributed by atoms with Crippen LogP contribution in [0.3, 0.4) is 0 Å². The number of aryl methyl sites for hydroxylation is 1. The van der Waals surface area contributed by atoms with E-state index in [0.29, 0.717) is 57.2 Å². The minimum atomic E-state index is -0.336. The van der Waals surface area contributed by atoms with Crippen molar-refractivity contribution < 1.29 is 9.21 Å². The number of nitrogens with one attached hydrogen (secondary N) is 1. The van der Waals surface area contributed by atoms with E-state index >= 15 is 0 Å². The normalized spacial score (nSPS) is 10.8. The number of aromatic nitrogens is 5. The first-order chi connectivity index (χ1) is 20.5. The van der Waals surface area contributed by atoms with E-state index in [4.69, 9.17) is 16.0 Å². The zero-order valence-electron chi connectivity index (χ0n) is 21.9. The number of carbonyl (C=O) groups is 1. The SMILES string of the molecule is O=C(c1ccns1)n1nc(-c2ccc(C#Cc3ccccc3)c(=O)n2CCc2cocn2)cc1NCc1ccc(Cl)s1. The molecule has 42 heavy (non-hydrogen) atoms. The summed E-state index contributed by atoms with van der Waals surface area (Å²) in [4.78, 5) is 32.8. The van der Waals surface area contributed by atoms with E-state index in [1.54, 1.807) is 41.3 Å². The molecule has 6 rings (SSSR count). The Kier molecular flexibility index (Phi) is 8.09. The fourth-order valence-electron chi connectivity index (χ4n) is 4.21. The molecular weight excluding hydrogens is 592 g/mol. The van der Waals surface area contributed by atoms with E-state index in [0.717, 1.165) is 22.0 Å². The number of thiophene rings is 1. The third-order valence-corrected chi connectivity index (χ3v) is 8.22. The summed E-state index contributed by atoms with van der Waals surface area (Å²) in [5, 5.41) is 7.95. The second-order valence-electron chi connectivity index (χ2n) is 9.00. The lowest BCUT2D eigenvalue weighted by atomic mass is 10.1. The van der Waals surface area contributed by atoms with Crippen molar-refractivity contribution >= 4 is 46.2 Å². The van der Waals surface area contributed by atoms with Crippen LogP contribution in [-0.4, -0.2) is 29.6 Å². The number of hydrogen-bond acceptors (Lipinski definition) is 9. The van der Waals surface area contributed by atoms with Crippen LogP contribution in [0.15, 0.2) is 94.8 Å². The van der Waals surface area contributed by atoms with Gasteiger partial charge in [-0.3, -0.25) is 9.59 Å². The number of carbonyl (C=O) groups excluding carboxylic acids is 1. The van der Waals surface area contributed by atoms with Crippen LogP contribution in [0.2, 0.25) is 4.34 Å². The van der Waals surface area contributed by atoms with Crippen molar-refractivity contribution in [3.8, 4) is 23.2 Å². The zero-order valence-corrected chi connectivity index (χ0v) is 24.2. The molecule has 12 heteroatoms. The lowest BCUT2D eigenvalue weighted by molar-refractivity contribution is 0.0952. The Morgan fingerprint density at radius 1 is 1.07 bits per heavy atom. The van der Waals surface area contributed by atoms with Gasteiger partial charge in [-0.15, -0.1) is 11.3 Å². The van der Waals surface area contributed by atoms with Gasteiger partial charge in [0, 0.05) is 35.7 Å². The van der Waals surface area contributed by atoms with Gasteiger partial charge in [0.1, 0.15) is 22.7 Å². The van der Waals surface area contributed by atoms with Gasteiger partial charge in [-0.05, 0) is 54.0 Å². The highest BCUT2D eigenvalue weighted by atomic mass is 35.5. The summed E-state index contributed by atoms with van der Waals surface area (Å²) in [6, 6.07) is 20.1. The van der Waals surface area contributed by atoms with Gasteiger partial charge in [-0.25, -0.2) is 9.36 Å². The molecule has 6 aromatic rings. The van der Waals surface area contributed by atoms with Gasteiger partial charge >= 0.3 is 0 Å². The Morgan fingerprint density at radius 2 is 1.95 bits per heavy atom. The second kappa shape index (κ2) is 12.4. The third-order valence-electron chi connectivity index (χ3n) is 6.25. The molecule has 0 aliphatic rings. The lowest BCUT2D eigenvalue weighted by Crippen LogP contribution is -2.25. The van der Waals surface area contributed by atoms with Crippen molar-refractivity contribution in [3.63, 3.8) is 0 Å². The molecule has 9 nitrogen and oxygen atoms in total. The highest BCUT2D eigenvalue weighted by molar-refractivity contribution is 7.16. The van der Waals surface area contributed by atoms with Crippen molar-refractivity contribution in [1.29, 1.82) is 0 Å². The van der Waals surface area contributed by atoms with Crippen molar-refractivity contribution in [2.75, 3.05) is 5.32 Å². The number of halogens is 1. The summed E-state index contributed by atoms with van der Waals surface area (Å²) in [7, 11) is 0. The number of pyridine rings is 1. The number of rotatable bonds is 8. The summed E-state index contributed by atoms with van der Waals surface area (Å²) in [5.41, 5.74) is 2.56. The van der Waals surface area contributed by atoms with Crippen LogP contribution in [-0.2, 0) is 19.5 Å². The molecule has 0 aliphatic carbocycles. The molecule has 0 atom stereocenters. The van der Waals surface area contributed by atoms with Gasteiger partial charge in [0.25, 0.3) is 11.5 Å². The molecule has 1 N–H and O–H groups in total. The molecule has 0 bridgehead atoms. The van der Waals surface area contributed by atoms with Crippen molar-refractivity contribution in [2.45, 2.75) is 19.5 Å². The monoisotopic (exact) mass is 612 g/mol. The summed E-state index contributed by atoms with van der Waals surface area (Å²) >= 11 is 8.64. The highest BCUT2D eigenvalue weighted by Gasteiger charge is 2.21. The molecule has 0 amide bonds. The van der Waals surface area contributed by atoms with E-state index in [1.165, 1.54) is 22.4 Å². The Labute approximate surface area is 253 Å². The molecular formula is C30H21ClN6O3S2. The number of hydrogen-bond donors (Lipinski definition) is 1. The predicted molar refractivity (Wildman–Crippen MR) is 163 cm³/mol. The highest BCUT2D eigenvalue weighted by Crippen LogP contribution is 2.26. The lowest BCUT2D eigenvalue weighted by Gasteiger charge is -2.11. The maximum atomic E-state index is 13.8. The minimum absolute atomic E-state index is 0.273. The van der Waals surface area contributed by atoms with E-state index < -0.39 is 0 Å². The topological polar surface area (TPSA) is 108 Å². The van der Waals surface area contributed by atoms with Gasteiger partial charge in [-0.1, -0.05) is 41.6 Å². The van der Waals surface area contributed by atoms with E-state index in [-0.39, 0.29) is 11.5 Å². The number of nitrogens with zero attached hydrogens (tertiary/aromatic N) is 5. The second-order valence-corrected chi connectivity index (χ2v) is 11.6. The van der Waals surface area contributed by atoms with Crippen molar-refractivity contribution in [2.24, 2.45) is 0 Å². The number of benzene rings is 1. The zero-order chi connectivity index (χ0) is 28.9. The molecule has 1 aromatic carbocycles. The maximum absolute atomic E-state index is 13.8. The van der Waals surface area contributed by atoms with Gasteiger partial charge in [0.2, 0.25) is 0 Å². The Bertz CT molecular complexity index is 1950. The molecule has 5 heterocycles. The fourth-order valence-corrected chi connectivity index (χ4v) is 5.76. The van der Waals surface area contributed by atoms with Crippen LogP contribution in [0.5, 0.6) is 0 Å². The first kappa shape index (κ1) is 27.4. The molecule has 0 saturated heterocycles. The average Bonchev–Trinajstić information content (AvgIpc) is 3.83. The molecule has 208 valence electrons. The molecule has 0 radical (unpaired) electrons. The summed E-state index contributed by atoms with van der Waals surface area (Å²) < 4.78 is 12.7. The Hall–Kier alpha value is -4.76. The molecule has 0 fully saturated rings. The first-order valence-corrected chi connectivity index (χ1v) is 14.7. The van der Waals surface area contributed by atoms with Crippen LogP contribution in [0.4, 0.5) is 5.82 Å². The van der Waals surface area contributed by atoms with Crippen molar-refractivity contribution in [3.05, 3.63) is 127 Å². The van der Waals surface area contributed by atoms with Gasteiger partial charge in [0.05, 0.1) is 27.8 Å². The van der Waals surface area contributed by atoms with Crippen LogP contribution >= 0.6 is 34.5 Å². The smallest absolute Gasteiger partial charge is 0.291 e. The van der Waals surface area contributed by atoms with Crippen molar-refractivity contribution in [1.82, 2.24) is 23.7 Å². The Morgan fingerprint density at radius 3 is 2.69 bits per heavy atom. The van der Waals surface area contributed by atoms with E-state index in [9.17, 15) is 9.59 Å². The largest absolute Gasteiger partial charge is 0.451 e.